The van der Waals surface area contributed by atoms with Crippen LogP contribution in [0.5, 0.6) is 0 Å². The Morgan fingerprint density at radius 3 is 2.82 bits per heavy atom. The fourth-order valence-corrected chi connectivity index (χ4v) is 2.81. The number of benzene rings is 1. The minimum Gasteiger partial charge on any atom is -0.351 e. The van der Waals surface area contributed by atoms with Crippen molar-refractivity contribution in [2.24, 2.45) is 7.05 Å². The van der Waals surface area contributed by atoms with Gasteiger partial charge in [-0.25, -0.2) is 9.78 Å². The predicted octanol–water partition coefficient (Wildman–Crippen LogP) is 4.09. The van der Waals surface area contributed by atoms with Gasteiger partial charge in [-0.05, 0) is 30.7 Å². The van der Waals surface area contributed by atoms with Crippen LogP contribution in [0.4, 0.5) is 22.0 Å². The second-order valence-electron chi connectivity index (χ2n) is 6.20. The quantitative estimate of drug-likeness (QED) is 0.470. The smallest absolute Gasteiger partial charge is 0.320 e. The lowest BCUT2D eigenvalue weighted by Crippen LogP contribution is -2.31. The summed E-state index contributed by atoms with van der Waals surface area (Å²) >= 11 is 5.99. The van der Waals surface area contributed by atoms with Gasteiger partial charge in [-0.1, -0.05) is 23.7 Å². The van der Waals surface area contributed by atoms with E-state index in [0.717, 1.165) is 11.3 Å². The van der Waals surface area contributed by atoms with E-state index in [-0.39, 0.29) is 6.04 Å². The normalized spacial score (nSPS) is 11.5. The Kier molecular flexibility index (Phi) is 5.90. The van der Waals surface area contributed by atoms with Crippen LogP contribution in [-0.2, 0) is 7.05 Å². The highest BCUT2D eigenvalue weighted by molar-refractivity contribution is 6.30. The van der Waals surface area contributed by atoms with Crippen LogP contribution in [0.3, 0.4) is 0 Å². The van der Waals surface area contributed by atoms with E-state index in [1.165, 1.54) is 6.21 Å². The van der Waals surface area contributed by atoms with E-state index in [0.29, 0.717) is 22.1 Å². The number of rotatable bonds is 6. The van der Waals surface area contributed by atoms with Crippen molar-refractivity contribution in [3.8, 4) is 0 Å². The van der Waals surface area contributed by atoms with Crippen molar-refractivity contribution in [2.45, 2.75) is 13.0 Å². The van der Waals surface area contributed by atoms with E-state index >= 15 is 0 Å². The van der Waals surface area contributed by atoms with Crippen LogP contribution in [0, 0.1) is 5.41 Å². The summed E-state index contributed by atoms with van der Waals surface area (Å²) in [7, 11) is 1.82. The van der Waals surface area contributed by atoms with E-state index in [1.807, 2.05) is 32.3 Å². The largest absolute Gasteiger partial charge is 0.351 e. The molecule has 8 nitrogen and oxygen atoms in total. The third-order valence-electron chi connectivity index (χ3n) is 4.01. The molecule has 0 fully saturated rings. The van der Waals surface area contributed by atoms with Gasteiger partial charge >= 0.3 is 6.03 Å². The zero-order chi connectivity index (χ0) is 20.1. The van der Waals surface area contributed by atoms with E-state index < -0.39 is 6.03 Å². The van der Waals surface area contributed by atoms with Gasteiger partial charge in [-0.15, -0.1) is 0 Å². The standard InChI is InChI=1S/C19H20ClN7O/c1-12(13-4-3-5-15(20)6-13)24-19(28)26-18-7-14(8-21)17(10-22-18)25-16-9-23-27(2)11-16/h3-12,21,25H,1-2H3,(H2,22,24,26,28). The van der Waals surface area contributed by atoms with Crippen molar-refractivity contribution in [2.75, 3.05) is 10.6 Å². The highest BCUT2D eigenvalue weighted by Gasteiger charge is 2.12. The summed E-state index contributed by atoms with van der Waals surface area (Å²) in [6, 6.07) is 8.30. The highest BCUT2D eigenvalue weighted by atomic mass is 35.5. The number of aromatic nitrogens is 3. The molecule has 1 unspecified atom stereocenters. The lowest BCUT2D eigenvalue weighted by molar-refractivity contribution is 0.249. The number of nitrogens with zero attached hydrogens (tertiary/aromatic N) is 3. The van der Waals surface area contributed by atoms with Crippen LogP contribution in [0.15, 0.2) is 48.9 Å². The summed E-state index contributed by atoms with van der Waals surface area (Å²) in [5.74, 6) is 0.339. The number of anilines is 3. The van der Waals surface area contributed by atoms with Crippen molar-refractivity contribution in [1.82, 2.24) is 20.1 Å². The first kappa shape index (κ1) is 19.4. The van der Waals surface area contributed by atoms with Gasteiger partial charge in [-0.2, -0.15) is 5.10 Å². The van der Waals surface area contributed by atoms with Crippen LogP contribution in [-0.4, -0.2) is 27.0 Å². The number of pyridine rings is 1. The first-order chi connectivity index (χ1) is 13.4. The minimum atomic E-state index is -0.399. The molecular weight excluding hydrogens is 378 g/mol. The maximum Gasteiger partial charge on any atom is 0.320 e. The fraction of sp³-hybridized carbons (Fsp3) is 0.158. The molecule has 0 spiro atoms. The van der Waals surface area contributed by atoms with Gasteiger partial charge in [-0.3, -0.25) is 10.00 Å². The molecule has 0 bridgehead atoms. The number of carbonyl (C=O) groups excluding carboxylic acids is 1. The summed E-state index contributed by atoms with van der Waals surface area (Å²) in [4.78, 5) is 16.5. The number of amides is 2. The van der Waals surface area contributed by atoms with Crippen LogP contribution >= 0.6 is 11.6 Å². The molecule has 2 amide bonds. The summed E-state index contributed by atoms with van der Waals surface area (Å²) < 4.78 is 1.67. The van der Waals surface area contributed by atoms with Gasteiger partial charge in [0.05, 0.1) is 29.8 Å². The molecule has 144 valence electrons. The Bertz CT molecular complexity index is 1000. The van der Waals surface area contributed by atoms with Crippen LogP contribution in [0.2, 0.25) is 5.02 Å². The Morgan fingerprint density at radius 1 is 1.32 bits per heavy atom. The molecule has 0 aliphatic rings. The molecule has 0 saturated heterocycles. The number of hydrogen-bond acceptors (Lipinski definition) is 5. The zero-order valence-electron chi connectivity index (χ0n) is 15.4. The van der Waals surface area contributed by atoms with Gasteiger partial charge in [0.25, 0.3) is 0 Å². The molecular formula is C19H20ClN7O. The summed E-state index contributed by atoms with van der Waals surface area (Å²) in [6.07, 6.45) is 6.23. The highest BCUT2D eigenvalue weighted by Crippen LogP contribution is 2.21. The first-order valence-electron chi connectivity index (χ1n) is 8.54. The summed E-state index contributed by atoms with van der Waals surface area (Å²) in [5.41, 5.74) is 2.89. The van der Waals surface area contributed by atoms with Crippen molar-refractivity contribution in [3.63, 3.8) is 0 Å². The average Bonchev–Trinajstić information content (AvgIpc) is 3.07. The van der Waals surface area contributed by atoms with Gasteiger partial charge < -0.3 is 16.0 Å². The molecule has 2 heterocycles. The summed E-state index contributed by atoms with van der Waals surface area (Å²) in [6.45, 7) is 1.86. The predicted molar refractivity (Wildman–Crippen MR) is 111 cm³/mol. The van der Waals surface area contributed by atoms with Crippen LogP contribution in [0.25, 0.3) is 0 Å². The topological polar surface area (TPSA) is 108 Å². The molecule has 2 aromatic heterocycles. The molecule has 0 aliphatic carbocycles. The second-order valence-corrected chi connectivity index (χ2v) is 6.64. The zero-order valence-corrected chi connectivity index (χ0v) is 16.2. The number of urea groups is 1. The molecule has 4 N–H and O–H groups in total. The third-order valence-corrected chi connectivity index (χ3v) is 4.25. The minimum absolute atomic E-state index is 0.229. The van der Waals surface area contributed by atoms with E-state index in [1.54, 1.807) is 35.3 Å². The Hall–Kier alpha value is -3.39. The van der Waals surface area contributed by atoms with Crippen molar-refractivity contribution in [3.05, 3.63) is 65.1 Å². The Morgan fingerprint density at radius 2 is 2.14 bits per heavy atom. The average molecular weight is 398 g/mol. The van der Waals surface area contributed by atoms with Crippen molar-refractivity contribution in [1.29, 1.82) is 5.41 Å². The maximum atomic E-state index is 12.3. The fourth-order valence-electron chi connectivity index (χ4n) is 2.61. The number of carbonyl (C=O) groups is 1. The Balaban J connectivity index is 1.66. The molecule has 9 heteroatoms. The Labute approximate surface area is 167 Å². The van der Waals surface area contributed by atoms with Crippen molar-refractivity contribution < 1.29 is 4.79 Å². The van der Waals surface area contributed by atoms with Crippen LogP contribution < -0.4 is 16.0 Å². The van der Waals surface area contributed by atoms with Crippen molar-refractivity contribution >= 4 is 41.0 Å². The number of hydrogen-bond donors (Lipinski definition) is 4. The van der Waals surface area contributed by atoms with Gasteiger partial charge in [0, 0.05) is 30.0 Å². The SMILES string of the molecule is CC(NC(=O)Nc1cc(C=N)c(Nc2cnn(C)c2)cn1)c1cccc(Cl)c1. The lowest BCUT2D eigenvalue weighted by Gasteiger charge is -2.15. The van der Waals surface area contributed by atoms with Gasteiger partial charge in [0.2, 0.25) is 0 Å². The second kappa shape index (κ2) is 8.53. The molecule has 0 aliphatic heterocycles. The molecule has 0 radical (unpaired) electrons. The molecule has 3 aromatic rings. The van der Waals surface area contributed by atoms with Gasteiger partial charge in [0.1, 0.15) is 5.82 Å². The molecule has 3 rings (SSSR count). The number of aryl methyl sites for hydroxylation is 1. The van der Waals surface area contributed by atoms with Gasteiger partial charge in [0.15, 0.2) is 0 Å². The molecule has 0 saturated carbocycles. The number of halogens is 1. The molecule has 28 heavy (non-hydrogen) atoms. The molecule has 1 aromatic carbocycles. The third kappa shape index (κ3) is 4.86. The maximum absolute atomic E-state index is 12.3. The summed E-state index contributed by atoms with van der Waals surface area (Å²) in [5, 5.41) is 21.0. The van der Waals surface area contributed by atoms with Crippen LogP contribution in [0.1, 0.15) is 24.1 Å². The number of nitrogens with one attached hydrogen (secondary N) is 4. The van der Waals surface area contributed by atoms with E-state index in [2.05, 4.69) is 26.0 Å². The lowest BCUT2D eigenvalue weighted by atomic mass is 10.1. The van der Waals surface area contributed by atoms with E-state index in [4.69, 9.17) is 17.0 Å². The first-order valence-corrected chi connectivity index (χ1v) is 8.91. The monoisotopic (exact) mass is 397 g/mol. The molecule has 1 atom stereocenters. The van der Waals surface area contributed by atoms with E-state index in [9.17, 15) is 4.79 Å².